The number of halogens is 2. The van der Waals surface area contributed by atoms with Crippen molar-refractivity contribution < 1.29 is 13.9 Å². The van der Waals surface area contributed by atoms with Crippen molar-refractivity contribution in [2.45, 2.75) is 13.5 Å². The molecule has 0 N–H and O–H groups in total. The van der Waals surface area contributed by atoms with Gasteiger partial charge in [0.25, 0.3) is 11.7 Å². The summed E-state index contributed by atoms with van der Waals surface area (Å²) in [6, 6.07) is 22.3. The number of carbonyl (C=O) groups excluding carboxylic acids is 1. The van der Waals surface area contributed by atoms with E-state index in [0.29, 0.717) is 29.3 Å². The summed E-state index contributed by atoms with van der Waals surface area (Å²) < 4.78 is 13.3. The molecular weight excluding hydrogens is 473 g/mol. The minimum Gasteiger partial charge on any atom is -0.494 e. The number of hydrogen-bond donors (Lipinski definition) is 0. The molecule has 3 aromatic carbocycles. The number of benzene rings is 3. The Morgan fingerprint density at radius 3 is 2.50 bits per heavy atom. The van der Waals surface area contributed by atoms with Crippen LogP contribution in [0.25, 0.3) is 22.4 Å². The Kier molecular flexibility index (Phi) is 6.09. The molecule has 5 aromatic rings. The van der Waals surface area contributed by atoms with E-state index in [2.05, 4.69) is 10.2 Å². The third-order valence-electron chi connectivity index (χ3n) is 5.40. The van der Waals surface area contributed by atoms with Crippen LogP contribution in [0.4, 0.5) is 0 Å². The van der Waals surface area contributed by atoms with Gasteiger partial charge in [-0.1, -0.05) is 53.5 Å². The van der Waals surface area contributed by atoms with Gasteiger partial charge < -0.3 is 13.7 Å². The van der Waals surface area contributed by atoms with Gasteiger partial charge in [0.2, 0.25) is 5.89 Å². The fourth-order valence-corrected chi connectivity index (χ4v) is 4.29. The van der Waals surface area contributed by atoms with Crippen LogP contribution in [0.2, 0.25) is 10.2 Å². The van der Waals surface area contributed by atoms with Crippen molar-refractivity contribution in [2.24, 2.45) is 0 Å². The zero-order chi connectivity index (χ0) is 23.7. The van der Waals surface area contributed by atoms with Crippen LogP contribution in [0.3, 0.4) is 0 Å². The van der Waals surface area contributed by atoms with Gasteiger partial charge in [-0.25, -0.2) is 0 Å². The molecule has 0 amide bonds. The molecule has 170 valence electrons. The summed E-state index contributed by atoms with van der Waals surface area (Å²) in [7, 11) is 0. The second-order valence-electron chi connectivity index (χ2n) is 7.60. The first-order valence-corrected chi connectivity index (χ1v) is 11.4. The molecule has 0 aliphatic rings. The number of fused-ring (bicyclic) bond motifs is 1. The minimum atomic E-state index is -0.451. The van der Waals surface area contributed by atoms with Gasteiger partial charge in [-0.15, -0.1) is 10.2 Å². The second-order valence-corrected chi connectivity index (χ2v) is 8.39. The summed E-state index contributed by atoms with van der Waals surface area (Å²) in [5, 5.41) is 9.62. The van der Waals surface area contributed by atoms with Crippen molar-refractivity contribution >= 4 is 39.9 Å². The highest BCUT2D eigenvalue weighted by Crippen LogP contribution is 2.35. The van der Waals surface area contributed by atoms with Gasteiger partial charge in [-0.3, -0.25) is 4.79 Å². The van der Waals surface area contributed by atoms with E-state index in [4.69, 9.17) is 32.4 Å². The average molecular weight is 492 g/mol. The van der Waals surface area contributed by atoms with Crippen molar-refractivity contribution in [1.29, 1.82) is 0 Å². The molecule has 0 aliphatic heterocycles. The number of rotatable bonds is 7. The normalized spacial score (nSPS) is 11.1. The van der Waals surface area contributed by atoms with Gasteiger partial charge in [0.1, 0.15) is 10.9 Å². The first-order valence-electron chi connectivity index (χ1n) is 10.7. The largest absolute Gasteiger partial charge is 0.494 e. The number of aromatic nitrogens is 3. The lowest BCUT2D eigenvalue weighted by molar-refractivity contribution is 0.100. The number of carbonyl (C=O) groups is 1. The lowest BCUT2D eigenvalue weighted by Gasteiger charge is -2.08. The van der Waals surface area contributed by atoms with Gasteiger partial charge in [0.15, 0.2) is 0 Å². The third-order valence-corrected chi connectivity index (χ3v) is 6.05. The van der Waals surface area contributed by atoms with Gasteiger partial charge >= 0.3 is 0 Å². The molecule has 0 aliphatic carbocycles. The van der Waals surface area contributed by atoms with E-state index >= 15 is 0 Å². The Labute approximate surface area is 205 Å². The maximum absolute atomic E-state index is 13.6. The molecule has 0 fully saturated rings. The molecule has 0 saturated carbocycles. The monoisotopic (exact) mass is 491 g/mol. The predicted octanol–water partition coefficient (Wildman–Crippen LogP) is 6.68. The molecule has 5 rings (SSSR count). The highest BCUT2D eigenvalue weighted by atomic mass is 35.5. The first kappa shape index (κ1) is 22.2. The lowest BCUT2D eigenvalue weighted by atomic mass is 10.1. The van der Waals surface area contributed by atoms with Gasteiger partial charge in [-0.05, 0) is 55.0 Å². The highest BCUT2D eigenvalue weighted by Gasteiger charge is 2.27. The molecule has 2 aromatic heterocycles. The van der Waals surface area contributed by atoms with Crippen LogP contribution in [-0.2, 0) is 6.54 Å². The maximum Gasteiger partial charge on any atom is 0.289 e. The van der Waals surface area contributed by atoms with Crippen molar-refractivity contribution in [2.75, 3.05) is 6.61 Å². The molecule has 0 unspecified atom stereocenters. The molecule has 0 spiro atoms. The average Bonchev–Trinajstić information content (AvgIpc) is 3.45. The topological polar surface area (TPSA) is 70.2 Å². The molecule has 34 heavy (non-hydrogen) atoms. The Balaban J connectivity index is 1.61. The van der Waals surface area contributed by atoms with E-state index in [1.54, 1.807) is 0 Å². The van der Waals surface area contributed by atoms with E-state index in [9.17, 15) is 4.79 Å². The summed E-state index contributed by atoms with van der Waals surface area (Å²) in [5.74, 6) is 0.320. The molecule has 0 bridgehead atoms. The molecule has 8 heteroatoms. The third kappa shape index (κ3) is 4.18. The van der Waals surface area contributed by atoms with Crippen molar-refractivity contribution in [3.63, 3.8) is 0 Å². The molecule has 6 nitrogen and oxygen atoms in total. The standard InChI is InChI=1S/C26H19Cl2N3O3/c1-2-33-19-12-13-21-20(14-19)22(24(28)31(21)15-16-8-10-18(27)11-9-16)23(32)26-30-29-25(34-26)17-6-4-3-5-7-17/h3-14H,2,15H2,1H3. The van der Waals surface area contributed by atoms with E-state index in [-0.39, 0.29) is 22.5 Å². The van der Waals surface area contributed by atoms with Crippen molar-refractivity contribution in [3.8, 4) is 17.2 Å². The fourth-order valence-electron chi connectivity index (χ4n) is 3.82. The van der Waals surface area contributed by atoms with Crippen LogP contribution in [0.1, 0.15) is 28.7 Å². The molecule has 2 heterocycles. The van der Waals surface area contributed by atoms with Crippen LogP contribution in [0.5, 0.6) is 5.75 Å². The summed E-state index contributed by atoms with van der Waals surface area (Å²) in [5.41, 5.74) is 2.79. The Morgan fingerprint density at radius 2 is 1.76 bits per heavy atom. The summed E-state index contributed by atoms with van der Waals surface area (Å²) in [6.45, 7) is 2.85. The number of ether oxygens (including phenoxy) is 1. The molecular formula is C26H19Cl2N3O3. The van der Waals surface area contributed by atoms with Crippen LogP contribution >= 0.6 is 23.2 Å². The smallest absolute Gasteiger partial charge is 0.289 e. The van der Waals surface area contributed by atoms with Crippen LogP contribution in [-0.4, -0.2) is 27.2 Å². The summed E-state index contributed by atoms with van der Waals surface area (Å²) in [6.07, 6.45) is 0. The van der Waals surface area contributed by atoms with Gasteiger partial charge in [0.05, 0.1) is 17.7 Å². The maximum atomic E-state index is 13.6. The van der Waals surface area contributed by atoms with Gasteiger partial charge in [0, 0.05) is 22.5 Å². The number of nitrogens with zero attached hydrogens (tertiary/aromatic N) is 3. The van der Waals surface area contributed by atoms with Crippen LogP contribution in [0.15, 0.2) is 77.2 Å². The van der Waals surface area contributed by atoms with Gasteiger partial charge in [-0.2, -0.15) is 0 Å². The fraction of sp³-hybridized carbons (Fsp3) is 0.115. The Bertz CT molecular complexity index is 1480. The van der Waals surface area contributed by atoms with Crippen LogP contribution < -0.4 is 4.74 Å². The highest BCUT2D eigenvalue weighted by molar-refractivity contribution is 6.36. The van der Waals surface area contributed by atoms with Crippen LogP contribution in [0, 0.1) is 0 Å². The minimum absolute atomic E-state index is 0.131. The van der Waals surface area contributed by atoms with Crippen molar-refractivity contribution in [3.05, 3.63) is 100.0 Å². The lowest BCUT2D eigenvalue weighted by Crippen LogP contribution is -2.04. The molecule has 0 atom stereocenters. The molecule has 0 saturated heterocycles. The van der Waals surface area contributed by atoms with E-state index in [0.717, 1.165) is 16.6 Å². The van der Waals surface area contributed by atoms with E-state index in [1.165, 1.54) is 0 Å². The SMILES string of the molecule is CCOc1ccc2c(c1)c(C(=O)c1nnc(-c3ccccc3)o1)c(Cl)n2Cc1ccc(Cl)cc1. The quantitative estimate of drug-likeness (QED) is 0.237. The molecule has 0 radical (unpaired) electrons. The van der Waals surface area contributed by atoms with E-state index in [1.807, 2.05) is 84.3 Å². The first-order chi connectivity index (χ1) is 16.5. The second kappa shape index (κ2) is 9.33. The zero-order valence-corrected chi connectivity index (χ0v) is 19.7. The summed E-state index contributed by atoms with van der Waals surface area (Å²) in [4.78, 5) is 13.6. The zero-order valence-electron chi connectivity index (χ0n) is 18.2. The predicted molar refractivity (Wildman–Crippen MR) is 132 cm³/mol. The number of hydrogen-bond acceptors (Lipinski definition) is 5. The van der Waals surface area contributed by atoms with E-state index < -0.39 is 5.78 Å². The Morgan fingerprint density at radius 1 is 1.00 bits per heavy atom. The summed E-state index contributed by atoms with van der Waals surface area (Å²) >= 11 is 12.8. The Hall–Kier alpha value is -3.61. The van der Waals surface area contributed by atoms with Crippen molar-refractivity contribution in [1.82, 2.24) is 14.8 Å². The number of ketones is 1.